The molecule has 1 aliphatic rings. The maximum atomic E-state index is 14.5. The zero-order valence-electron chi connectivity index (χ0n) is 20.0. The number of methoxy groups -OCH3 is 2. The molecule has 5 rings (SSSR count). The normalized spacial score (nSPS) is 15.1. The number of benzene rings is 3. The second kappa shape index (κ2) is 9.37. The SMILES string of the molecule is COc1cc2c(cc1OC)[C@@H](C)N(C(=O)c1cc3ccccc3nc1Cc1ccccc1F)CC2. The third-order valence-electron chi connectivity index (χ3n) is 6.79. The van der Waals surface area contributed by atoms with Crippen LogP contribution in [0.4, 0.5) is 4.39 Å². The summed E-state index contributed by atoms with van der Waals surface area (Å²) in [6, 6.07) is 20.0. The maximum absolute atomic E-state index is 14.5. The van der Waals surface area contributed by atoms with Crippen LogP contribution in [-0.4, -0.2) is 36.6 Å². The molecule has 0 radical (unpaired) electrons. The number of carbonyl (C=O) groups is 1. The van der Waals surface area contributed by atoms with E-state index in [2.05, 4.69) is 0 Å². The lowest BCUT2D eigenvalue weighted by molar-refractivity contribution is 0.0676. The molecule has 1 aromatic heterocycles. The number of amides is 1. The van der Waals surface area contributed by atoms with Crippen molar-refractivity contribution < 1.29 is 18.7 Å². The van der Waals surface area contributed by atoms with E-state index in [0.717, 1.165) is 22.0 Å². The van der Waals surface area contributed by atoms with Crippen LogP contribution in [-0.2, 0) is 12.8 Å². The van der Waals surface area contributed by atoms with E-state index in [0.29, 0.717) is 41.3 Å². The Bertz CT molecular complexity index is 1420. The van der Waals surface area contributed by atoms with Gasteiger partial charge < -0.3 is 14.4 Å². The Kier molecular flexibility index (Phi) is 6.12. The minimum atomic E-state index is -0.304. The maximum Gasteiger partial charge on any atom is 0.256 e. The summed E-state index contributed by atoms with van der Waals surface area (Å²) in [7, 11) is 3.23. The van der Waals surface area contributed by atoms with Gasteiger partial charge in [-0.1, -0.05) is 36.4 Å². The van der Waals surface area contributed by atoms with Crippen molar-refractivity contribution in [2.45, 2.75) is 25.8 Å². The first-order valence-corrected chi connectivity index (χ1v) is 11.7. The predicted octanol–water partition coefficient (Wildman–Crippen LogP) is 5.74. The van der Waals surface area contributed by atoms with Gasteiger partial charge in [0, 0.05) is 18.4 Å². The Hall–Kier alpha value is -3.93. The van der Waals surface area contributed by atoms with Crippen LogP contribution in [0.1, 0.15) is 45.7 Å². The summed E-state index contributed by atoms with van der Waals surface area (Å²) >= 11 is 0. The summed E-state index contributed by atoms with van der Waals surface area (Å²) in [5, 5.41) is 0.879. The molecule has 35 heavy (non-hydrogen) atoms. The molecule has 178 valence electrons. The van der Waals surface area contributed by atoms with Gasteiger partial charge in [0.25, 0.3) is 5.91 Å². The van der Waals surface area contributed by atoms with Crippen LogP contribution >= 0.6 is 0 Å². The van der Waals surface area contributed by atoms with Gasteiger partial charge in [0.05, 0.1) is 37.0 Å². The fourth-order valence-corrected chi connectivity index (χ4v) is 4.87. The van der Waals surface area contributed by atoms with Crippen molar-refractivity contribution in [3.63, 3.8) is 0 Å². The number of aromatic nitrogens is 1. The Morgan fingerprint density at radius 3 is 2.51 bits per heavy atom. The van der Waals surface area contributed by atoms with Gasteiger partial charge in [-0.05, 0) is 60.4 Å². The van der Waals surface area contributed by atoms with Crippen molar-refractivity contribution in [3.05, 3.63) is 100 Å². The van der Waals surface area contributed by atoms with Crippen LogP contribution in [0.25, 0.3) is 10.9 Å². The lowest BCUT2D eigenvalue weighted by atomic mass is 9.91. The fraction of sp³-hybridized carbons (Fsp3) is 0.241. The molecule has 1 aliphatic heterocycles. The molecule has 3 aromatic carbocycles. The number of hydrogen-bond donors (Lipinski definition) is 0. The van der Waals surface area contributed by atoms with E-state index >= 15 is 0 Å². The molecule has 0 saturated carbocycles. The fourth-order valence-electron chi connectivity index (χ4n) is 4.87. The smallest absolute Gasteiger partial charge is 0.256 e. The molecule has 1 amide bonds. The van der Waals surface area contributed by atoms with Gasteiger partial charge in [-0.2, -0.15) is 0 Å². The third-order valence-corrected chi connectivity index (χ3v) is 6.79. The van der Waals surface area contributed by atoms with Gasteiger partial charge in [-0.25, -0.2) is 4.39 Å². The molecule has 5 nitrogen and oxygen atoms in total. The Labute approximate surface area is 204 Å². The lowest BCUT2D eigenvalue weighted by Crippen LogP contribution is -2.39. The van der Waals surface area contributed by atoms with Crippen LogP contribution in [0.2, 0.25) is 0 Å². The first-order valence-electron chi connectivity index (χ1n) is 11.7. The molecule has 6 heteroatoms. The van der Waals surface area contributed by atoms with Crippen LogP contribution in [0, 0.1) is 5.82 Å². The second-order valence-electron chi connectivity index (χ2n) is 8.77. The largest absolute Gasteiger partial charge is 0.493 e. The molecular formula is C29H27FN2O3. The standard InChI is InChI=1S/C29H27FN2O3/c1-18-22-17-28(35-3)27(34-2)16-19(22)12-13-32(18)29(33)23-14-21-9-5-7-11-25(21)31-26(23)15-20-8-4-6-10-24(20)30/h4-11,14,16-18H,12-13,15H2,1-3H3/t18-/m1/s1. The summed E-state index contributed by atoms with van der Waals surface area (Å²) in [5.74, 6) is 0.911. The van der Waals surface area contributed by atoms with Gasteiger partial charge in [0.15, 0.2) is 11.5 Å². The number of para-hydroxylation sites is 1. The third kappa shape index (κ3) is 4.20. The number of halogens is 1. The number of ether oxygens (including phenoxy) is 2. The van der Waals surface area contributed by atoms with Gasteiger partial charge >= 0.3 is 0 Å². The number of hydrogen-bond acceptors (Lipinski definition) is 4. The predicted molar refractivity (Wildman–Crippen MR) is 134 cm³/mol. The van der Waals surface area contributed by atoms with Crippen molar-refractivity contribution in [3.8, 4) is 11.5 Å². The highest BCUT2D eigenvalue weighted by atomic mass is 19.1. The molecule has 0 spiro atoms. The highest BCUT2D eigenvalue weighted by Gasteiger charge is 2.31. The van der Waals surface area contributed by atoms with Crippen LogP contribution < -0.4 is 9.47 Å². The Balaban J connectivity index is 1.56. The average molecular weight is 471 g/mol. The summed E-state index contributed by atoms with van der Waals surface area (Å²) in [6.07, 6.45) is 0.942. The zero-order chi connectivity index (χ0) is 24.5. The van der Waals surface area contributed by atoms with E-state index in [4.69, 9.17) is 14.5 Å². The number of rotatable bonds is 5. The molecule has 0 N–H and O–H groups in total. The van der Waals surface area contributed by atoms with E-state index in [-0.39, 0.29) is 24.2 Å². The molecule has 0 bridgehead atoms. The molecule has 1 atom stereocenters. The molecular weight excluding hydrogens is 443 g/mol. The number of fused-ring (bicyclic) bond motifs is 2. The van der Waals surface area contributed by atoms with Gasteiger partial charge in [0.1, 0.15) is 5.82 Å². The monoisotopic (exact) mass is 470 g/mol. The number of nitrogens with zero attached hydrogens (tertiary/aromatic N) is 2. The minimum Gasteiger partial charge on any atom is -0.493 e. The van der Waals surface area contributed by atoms with Crippen LogP contribution in [0.5, 0.6) is 11.5 Å². The van der Waals surface area contributed by atoms with E-state index in [1.807, 2.05) is 54.3 Å². The second-order valence-corrected chi connectivity index (χ2v) is 8.77. The van der Waals surface area contributed by atoms with E-state index < -0.39 is 0 Å². The van der Waals surface area contributed by atoms with Crippen LogP contribution in [0.15, 0.2) is 66.7 Å². The molecule has 0 fully saturated rings. The number of carbonyl (C=O) groups excluding carboxylic acids is 1. The van der Waals surface area contributed by atoms with Crippen molar-refractivity contribution in [1.29, 1.82) is 0 Å². The minimum absolute atomic E-state index is 0.109. The molecule has 0 aliphatic carbocycles. The van der Waals surface area contributed by atoms with Crippen molar-refractivity contribution >= 4 is 16.8 Å². The highest BCUT2D eigenvalue weighted by Crippen LogP contribution is 2.38. The highest BCUT2D eigenvalue weighted by molar-refractivity contribution is 5.99. The Morgan fingerprint density at radius 2 is 1.74 bits per heavy atom. The van der Waals surface area contributed by atoms with E-state index in [9.17, 15) is 9.18 Å². The molecule has 0 unspecified atom stereocenters. The first-order chi connectivity index (χ1) is 17.0. The first kappa shape index (κ1) is 22.8. The van der Waals surface area contributed by atoms with Crippen molar-refractivity contribution in [2.24, 2.45) is 0 Å². The van der Waals surface area contributed by atoms with E-state index in [1.165, 1.54) is 6.07 Å². The van der Waals surface area contributed by atoms with Crippen molar-refractivity contribution in [1.82, 2.24) is 9.88 Å². The Morgan fingerprint density at radius 1 is 1.03 bits per heavy atom. The lowest BCUT2D eigenvalue weighted by Gasteiger charge is -2.36. The van der Waals surface area contributed by atoms with Crippen molar-refractivity contribution in [2.75, 3.05) is 20.8 Å². The van der Waals surface area contributed by atoms with Gasteiger partial charge in [0.2, 0.25) is 0 Å². The molecule has 4 aromatic rings. The summed E-state index contributed by atoms with van der Waals surface area (Å²) in [6.45, 7) is 2.58. The van der Waals surface area contributed by atoms with E-state index in [1.54, 1.807) is 32.4 Å². The van der Waals surface area contributed by atoms with Gasteiger partial charge in [-0.3, -0.25) is 9.78 Å². The zero-order valence-corrected chi connectivity index (χ0v) is 20.0. The number of pyridine rings is 1. The van der Waals surface area contributed by atoms with Gasteiger partial charge in [-0.15, -0.1) is 0 Å². The molecule has 0 saturated heterocycles. The summed E-state index contributed by atoms with van der Waals surface area (Å²) in [4.78, 5) is 20.6. The molecule has 2 heterocycles. The summed E-state index contributed by atoms with van der Waals surface area (Å²) < 4.78 is 25.5. The average Bonchev–Trinajstić information content (AvgIpc) is 2.88. The quantitative estimate of drug-likeness (QED) is 0.373. The topological polar surface area (TPSA) is 51.7 Å². The van der Waals surface area contributed by atoms with Crippen LogP contribution in [0.3, 0.4) is 0 Å². The summed E-state index contributed by atoms with van der Waals surface area (Å²) in [5.41, 5.74) is 4.54.